The summed E-state index contributed by atoms with van der Waals surface area (Å²) in [5.74, 6) is 0.927. The molecule has 2 atom stereocenters. The number of carbonyl (C=O) groups excluding carboxylic acids is 1. The third-order valence-electron chi connectivity index (χ3n) is 5.32. The Kier molecular flexibility index (Phi) is 8.33. The van der Waals surface area contributed by atoms with E-state index in [9.17, 15) is 4.79 Å². The fourth-order valence-electron chi connectivity index (χ4n) is 3.91. The Bertz CT molecular complexity index is 967. The van der Waals surface area contributed by atoms with Crippen LogP contribution in [0.15, 0.2) is 36.9 Å². The van der Waals surface area contributed by atoms with Crippen LogP contribution in [0.2, 0.25) is 0 Å². The molecule has 30 heavy (non-hydrogen) atoms. The standard InChI is InChI=1S/C20H24N6O.C2H6.CH4/c1-13-4-3-5-14(8-13)10-22-18-17-19(24-11-23-18)26(12-25-17)16-7-6-15(9-16)20(27)21-2;1-2;/h3-5,8,11-12,15-16H,6-7,9-10H2,1-2H3,(H,21,27)(H,22,23,24);1-2H3;1H4. The number of benzene rings is 1. The summed E-state index contributed by atoms with van der Waals surface area (Å²) in [6, 6.07) is 8.63. The van der Waals surface area contributed by atoms with Gasteiger partial charge in [-0.15, -0.1) is 0 Å². The predicted molar refractivity (Wildman–Crippen MR) is 122 cm³/mol. The van der Waals surface area contributed by atoms with Crippen LogP contribution in [0.5, 0.6) is 0 Å². The summed E-state index contributed by atoms with van der Waals surface area (Å²) in [7, 11) is 1.70. The highest BCUT2D eigenvalue weighted by Gasteiger charge is 2.31. The molecule has 0 spiro atoms. The van der Waals surface area contributed by atoms with Gasteiger partial charge >= 0.3 is 0 Å². The molecular formula is C23H34N6O. The third-order valence-corrected chi connectivity index (χ3v) is 5.32. The molecule has 2 N–H and O–H groups in total. The Morgan fingerprint density at radius 1 is 1.20 bits per heavy atom. The lowest BCUT2D eigenvalue weighted by Crippen LogP contribution is -2.25. The van der Waals surface area contributed by atoms with Crippen molar-refractivity contribution >= 4 is 22.9 Å². The first kappa shape index (κ1) is 23.3. The van der Waals surface area contributed by atoms with Crippen molar-refractivity contribution in [3.63, 3.8) is 0 Å². The number of rotatable bonds is 5. The lowest BCUT2D eigenvalue weighted by molar-refractivity contribution is -0.124. The molecular weight excluding hydrogens is 376 g/mol. The van der Waals surface area contributed by atoms with Gasteiger partial charge in [0.25, 0.3) is 0 Å². The molecule has 7 nitrogen and oxygen atoms in total. The molecule has 0 bridgehead atoms. The topological polar surface area (TPSA) is 84.7 Å². The van der Waals surface area contributed by atoms with E-state index in [1.807, 2.05) is 20.2 Å². The van der Waals surface area contributed by atoms with Gasteiger partial charge in [-0.3, -0.25) is 4.79 Å². The van der Waals surface area contributed by atoms with E-state index < -0.39 is 0 Å². The first-order valence-electron chi connectivity index (χ1n) is 10.3. The summed E-state index contributed by atoms with van der Waals surface area (Å²) in [4.78, 5) is 25.3. The summed E-state index contributed by atoms with van der Waals surface area (Å²) in [5, 5.41) is 6.14. The molecule has 0 saturated heterocycles. The second-order valence-electron chi connectivity index (χ2n) is 7.17. The third kappa shape index (κ3) is 4.96. The van der Waals surface area contributed by atoms with Gasteiger partial charge in [0.1, 0.15) is 11.8 Å². The van der Waals surface area contributed by atoms with Gasteiger partial charge in [-0.1, -0.05) is 51.1 Å². The number of fused-ring (bicyclic) bond motifs is 1. The van der Waals surface area contributed by atoms with E-state index in [0.717, 1.165) is 36.2 Å². The largest absolute Gasteiger partial charge is 0.364 e. The van der Waals surface area contributed by atoms with E-state index in [0.29, 0.717) is 6.54 Å². The lowest BCUT2D eigenvalue weighted by atomic mass is 10.1. The molecule has 2 heterocycles. The summed E-state index contributed by atoms with van der Waals surface area (Å²) >= 11 is 0. The van der Waals surface area contributed by atoms with Crippen molar-refractivity contribution in [2.45, 2.75) is 60.0 Å². The molecule has 3 aromatic rings. The lowest BCUT2D eigenvalue weighted by Gasteiger charge is -2.13. The van der Waals surface area contributed by atoms with Crippen molar-refractivity contribution in [2.24, 2.45) is 5.92 Å². The van der Waals surface area contributed by atoms with Gasteiger partial charge in [0, 0.05) is 25.6 Å². The van der Waals surface area contributed by atoms with E-state index >= 15 is 0 Å². The average Bonchev–Trinajstić information content (AvgIpc) is 3.40. The fraction of sp³-hybridized carbons (Fsp3) is 0.478. The predicted octanol–water partition coefficient (Wildman–Crippen LogP) is 4.50. The van der Waals surface area contributed by atoms with Crippen LogP contribution in [-0.4, -0.2) is 32.5 Å². The van der Waals surface area contributed by atoms with Crippen molar-refractivity contribution in [2.75, 3.05) is 12.4 Å². The molecule has 1 amide bonds. The maximum atomic E-state index is 11.9. The van der Waals surface area contributed by atoms with E-state index in [1.54, 1.807) is 13.4 Å². The highest BCUT2D eigenvalue weighted by atomic mass is 16.1. The zero-order valence-corrected chi connectivity index (χ0v) is 17.6. The van der Waals surface area contributed by atoms with E-state index in [1.165, 1.54) is 11.1 Å². The quantitative estimate of drug-likeness (QED) is 0.647. The number of hydrogen-bond acceptors (Lipinski definition) is 5. The van der Waals surface area contributed by atoms with Gasteiger partial charge in [-0.2, -0.15) is 0 Å². The Morgan fingerprint density at radius 3 is 2.73 bits per heavy atom. The minimum atomic E-state index is 0. The molecule has 1 aliphatic rings. The number of amides is 1. The number of carbonyl (C=O) groups is 1. The average molecular weight is 411 g/mol. The molecule has 0 aliphatic heterocycles. The second kappa shape index (κ2) is 10.7. The van der Waals surface area contributed by atoms with Crippen LogP contribution in [0.1, 0.15) is 57.7 Å². The van der Waals surface area contributed by atoms with Gasteiger partial charge in [0.05, 0.1) is 6.33 Å². The van der Waals surface area contributed by atoms with Gasteiger partial charge in [0.15, 0.2) is 11.5 Å². The number of nitrogens with one attached hydrogen (secondary N) is 2. The molecule has 7 heteroatoms. The minimum Gasteiger partial charge on any atom is -0.364 e. The Balaban J connectivity index is 0.00000104. The van der Waals surface area contributed by atoms with Crippen molar-refractivity contribution < 1.29 is 4.79 Å². The monoisotopic (exact) mass is 410 g/mol. The maximum Gasteiger partial charge on any atom is 0.222 e. The molecule has 1 fully saturated rings. The molecule has 1 saturated carbocycles. The smallest absolute Gasteiger partial charge is 0.222 e. The zero-order valence-electron chi connectivity index (χ0n) is 17.6. The molecule has 0 radical (unpaired) electrons. The Morgan fingerprint density at radius 2 is 2.00 bits per heavy atom. The second-order valence-corrected chi connectivity index (χ2v) is 7.17. The van der Waals surface area contributed by atoms with Crippen molar-refractivity contribution in [1.29, 1.82) is 0 Å². The number of aromatic nitrogens is 4. The van der Waals surface area contributed by atoms with Gasteiger partial charge in [-0.05, 0) is 31.7 Å². The Labute approximate surface area is 179 Å². The van der Waals surface area contributed by atoms with Crippen LogP contribution in [0.3, 0.4) is 0 Å². The number of imidazole rings is 1. The van der Waals surface area contributed by atoms with E-state index in [-0.39, 0.29) is 25.3 Å². The molecule has 1 aliphatic carbocycles. The summed E-state index contributed by atoms with van der Waals surface area (Å²) in [6.07, 6.45) is 6.08. The minimum absolute atomic E-state index is 0. The number of anilines is 1. The highest BCUT2D eigenvalue weighted by Crippen LogP contribution is 2.36. The van der Waals surface area contributed by atoms with E-state index in [4.69, 9.17) is 0 Å². The molecule has 2 unspecified atom stereocenters. The van der Waals surface area contributed by atoms with Crippen molar-refractivity contribution in [3.8, 4) is 0 Å². The van der Waals surface area contributed by atoms with Crippen molar-refractivity contribution in [1.82, 2.24) is 24.8 Å². The molecule has 1 aromatic carbocycles. The van der Waals surface area contributed by atoms with Crippen LogP contribution in [-0.2, 0) is 11.3 Å². The number of hydrogen-bond donors (Lipinski definition) is 2. The molecule has 4 rings (SSSR count). The van der Waals surface area contributed by atoms with E-state index in [2.05, 4.69) is 61.3 Å². The normalized spacial score (nSPS) is 17.6. The first-order chi connectivity index (χ1) is 14.2. The van der Waals surface area contributed by atoms with Crippen LogP contribution >= 0.6 is 0 Å². The summed E-state index contributed by atoms with van der Waals surface area (Å²) < 4.78 is 2.10. The van der Waals surface area contributed by atoms with Crippen LogP contribution < -0.4 is 10.6 Å². The highest BCUT2D eigenvalue weighted by molar-refractivity contribution is 5.83. The molecule has 2 aromatic heterocycles. The van der Waals surface area contributed by atoms with Gasteiger partial charge in [-0.25, -0.2) is 15.0 Å². The van der Waals surface area contributed by atoms with Gasteiger partial charge < -0.3 is 15.2 Å². The Hall–Kier alpha value is -2.96. The maximum absolute atomic E-state index is 11.9. The van der Waals surface area contributed by atoms with Gasteiger partial charge in [0.2, 0.25) is 5.91 Å². The first-order valence-corrected chi connectivity index (χ1v) is 10.3. The summed E-state index contributed by atoms with van der Waals surface area (Å²) in [5.41, 5.74) is 4.02. The van der Waals surface area contributed by atoms with Crippen LogP contribution in [0.25, 0.3) is 11.2 Å². The number of nitrogens with zero attached hydrogens (tertiary/aromatic N) is 4. The SMILES string of the molecule is C.CC.CNC(=O)C1CCC(n2cnc3c(NCc4cccc(C)c4)ncnc32)C1. The van der Waals surface area contributed by atoms with Crippen LogP contribution in [0, 0.1) is 12.8 Å². The summed E-state index contributed by atoms with van der Waals surface area (Å²) in [6.45, 7) is 6.77. The fourth-order valence-corrected chi connectivity index (χ4v) is 3.91. The zero-order chi connectivity index (χ0) is 20.8. The van der Waals surface area contributed by atoms with Crippen molar-refractivity contribution in [3.05, 3.63) is 48.0 Å². The van der Waals surface area contributed by atoms with Crippen LogP contribution in [0.4, 0.5) is 5.82 Å². The molecule has 162 valence electrons. The number of aryl methyl sites for hydroxylation is 1.